The highest BCUT2D eigenvalue weighted by molar-refractivity contribution is 7.80. The molecule has 88 valence electrons. The predicted octanol–water partition coefficient (Wildman–Crippen LogP) is 0.823. The second-order valence-corrected chi connectivity index (χ2v) is 5.85. The number of nitrogens with zero attached hydrogens (tertiary/aromatic N) is 1. The van der Waals surface area contributed by atoms with Crippen LogP contribution in [-0.2, 0) is 9.36 Å². The van der Waals surface area contributed by atoms with Gasteiger partial charge in [0.25, 0.3) is 0 Å². The first-order valence-electron chi connectivity index (χ1n) is 4.92. The Kier molecular flexibility index (Phi) is 4.64. The molecule has 0 radical (unpaired) electrons. The molecular weight excluding hydrogens is 237 g/mol. The molecule has 1 saturated heterocycles. The molecule has 1 rings (SSSR count). The Labute approximate surface area is 94.4 Å². The summed E-state index contributed by atoms with van der Waals surface area (Å²) in [5.74, 6) is -0.722. The minimum absolute atomic E-state index is 0.210. The summed E-state index contributed by atoms with van der Waals surface area (Å²) in [5.41, 5.74) is 0. The highest BCUT2D eigenvalue weighted by Crippen LogP contribution is 2.47. The summed E-state index contributed by atoms with van der Waals surface area (Å²) in [6, 6.07) is 0. The monoisotopic (exact) mass is 253 g/mol. The molecule has 1 atom stereocenters. The van der Waals surface area contributed by atoms with E-state index in [2.05, 4.69) is 12.6 Å². The largest absolute Gasteiger partial charge is 0.347 e. The standard InChI is InChI=1S/C8H16NO4PS/c10-7(4-6-15)9-5-2-1-3-8(9)14(11,12)13/h8,15H,1-6H2,(H2,11,12,13). The average molecular weight is 253 g/mol. The van der Waals surface area contributed by atoms with E-state index in [0.29, 0.717) is 18.7 Å². The smallest absolute Gasteiger partial charge is 0.328 e. The van der Waals surface area contributed by atoms with E-state index in [4.69, 9.17) is 9.79 Å². The number of amides is 1. The first kappa shape index (κ1) is 13.0. The minimum Gasteiger partial charge on any atom is -0.328 e. The Morgan fingerprint density at radius 1 is 1.47 bits per heavy atom. The van der Waals surface area contributed by atoms with Gasteiger partial charge >= 0.3 is 7.60 Å². The van der Waals surface area contributed by atoms with E-state index in [1.165, 1.54) is 4.90 Å². The van der Waals surface area contributed by atoms with Gasteiger partial charge in [-0.1, -0.05) is 0 Å². The highest BCUT2D eigenvalue weighted by Gasteiger charge is 2.38. The minimum atomic E-state index is -4.19. The fourth-order valence-electron chi connectivity index (χ4n) is 1.79. The van der Waals surface area contributed by atoms with Crippen molar-refractivity contribution in [2.75, 3.05) is 12.3 Å². The van der Waals surface area contributed by atoms with Crippen molar-refractivity contribution in [1.29, 1.82) is 0 Å². The van der Waals surface area contributed by atoms with Gasteiger partial charge in [0, 0.05) is 13.0 Å². The second-order valence-electron chi connectivity index (χ2n) is 3.63. The van der Waals surface area contributed by atoms with Gasteiger partial charge in [0.2, 0.25) is 5.91 Å². The van der Waals surface area contributed by atoms with Crippen LogP contribution in [0.15, 0.2) is 0 Å². The maximum Gasteiger partial charge on any atom is 0.347 e. The van der Waals surface area contributed by atoms with Crippen LogP contribution in [-0.4, -0.2) is 38.7 Å². The van der Waals surface area contributed by atoms with Crippen molar-refractivity contribution in [3.63, 3.8) is 0 Å². The van der Waals surface area contributed by atoms with Gasteiger partial charge in [-0.25, -0.2) is 0 Å². The van der Waals surface area contributed by atoms with Crippen molar-refractivity contribution in [2.45, 2.75) is 31.5 Å². The number of hydrogen-bond donors (Lipinski definition) is 3. The lowest BCUT2D eigenvalue weighted by molar-refractivity contribution is -0.133. The molecule has 5 nitrogen and oxygen atoms in total. The fourth-order valence-corrected chi connectivity index (χ4v) is 3.11. The van der Waals surface area contributed by atoms with Gasteiger partial charge in [-0.05, 0) is 25.0 Å². The van der Waals surface area contributed by atoms with E-state index in [0.717, 1.165) is 12.8 Å². The zero-order valence-electron chi connectivity index (χ0n) is 8.37. The Hall–Kier alpha value is -0.0300. The molecular formula is C8H16NO4PS. The molecule has 15 heavy (non-hydrogen) atoms. The van der Waals surface area contributed by atoms with Gasteiger partial charge in [0.05, 0.1) is 0 Å². The molecule has 1 aliphatic rings. The lowest BCUT2D eigenvalue weighted by atomic mass is 10.1. The molecule has 0 aliphatic carbocycles. The van der Waals surface area contributed by atoms with Crippen LogP contribution in [0.2, 0.25) is 0 Å². The third kappa shape index (κ3) is 3.48. The quantitative estimate of drug-likeness (QED) is 0.514. The molecule has 2 N–H and O–H groups in total. The summed E-state index contributed by atoms with van der Waals surface area (Å²) in [6.07, 6.45) is 2.21. The molecule has 1 aliphatic heterocycles. The van der Waals surface area contributed by atoms with Gasteiger partial charge in [0.15, 0.2) is 0 Å². The lowest BCUT2D eigenvalue weighted by Crippen LogP contribution is -2.43. The van der Waals surface area contributed by atoms with Crippen LogP contribution < -0.4 is 0 Å². The van der Waals surface area contributed by atoms with E-state index >= 15 is 0 Å². The molecule has 1 fully saturated rings. The van der Waals surface area contributed by atoms with Crippen LogP contribution in [0.25, 0.3) is 0 Å². The Bertz CT molecular complexity index is 280. The number of rotatable bonds is 3. The molecule has 1 unspecified atom stereocenters. The average Bonchev–Trinajstić information content (AvgIpc) is 2.17. The zero-order chi connectivity index (χ0) is 11.5. The van der Waals surface area contributed by atoms with Crippen LogP contribution in [0.4, 0.5) is 0 Å². The van der Waals surface area contributed by atoms with Crippen molar-refractivity contribution in [3.05, 3.63) is 0 Å². The molecule has 0 bridgehead atoms. The van der Waals surface area contributed by atoms with Crippen molar-refractivity contribution >= 4 is 26.1 Å². The van der Waals surface area contributed by atoms with Crippen molar-refractivity contribution in [2.24, 2.45) is 0 Å². The molecule has 0 aromatic heterocycles. The van der Waals surface area contributed by atoms with E-state index in [9.17, 15) is 9.36 Å². The summed E-state index contributed by atoms with van der Waals surface area (Å²) in [5, 5.41) is 0. The molecule has 0 spiro atoms. The van der Waals surface area contributed by atoms with Gasteiger partial charge < -0.3 is 14.7 Å². The van der Waals surface area contributed by atoms with Crippen LogP contribution in [0, 0.1) is 0 Å². The number of piperidine rings is 1. The number of hydrogen-bond acceptors (Lipinski definition) is 3. The molecule has 1 amide bonds. The molecule has 1 heterocycles. The van der Waals surface area contributed by atoms with E-state index in [1.807, 2.05) is 0 Å². The van der Waals surface area contributed by atoms with Crippen LogP contribution in [0.3, 0.4) is 0 Å². The summed E-state index contributed by atoms with van der Waals surface area (Å²) >= 11 is 3.94. The Morgan fingerprint density at radius 2 is 2.13 bits per heavy atom. The van der Waals surface area contributed by atoms with E-state index < -0.39 is 13.4 Å². The first-order valence-corrected chi connectivity index (χ1v) is 7.23. The van der Waals surface area contributed by atoms with Crippen LogP contribution in [0.5, 0.6) is 0 Å². The van der Waals surface area contributed by atoms with Crippen LogP contribution >= 0.6 is 20.2 Å². The highest BCUT2D eigenvalue weighted by atomic mass is 32.1. The summed E-state index contributed by atoms with van der Waals surface area (Å²) in [7, 11) is -4.19. The van der Waals surface area contributed by atoms with Gasteiger partial charge in [0.1, 0.15) is 5.78 Å². The van der Waals surface area contributed by atoms with E-state index in [1.54, 1.807) is 0 Å². The maximum atomic E-state index is 11.6. The topological polar surface area (TPSA) is 77.8 Å². The summed E-state index contributed by atoms with van der Waals surface area (Å²) in [6.45, 7) is 0.447. The second kappa shape index (κ2) is 5.34. The first-order chi connectivity index (χ1) is 6.96. The van der Waals surface area contributed by atoms with Gasteiger partial charge in [-0.2, -0.15) is 12.6 Å². The lowest BCUT2D eigenvalue weighted by Gasteiger charge is -2.35. The van der Waals surface area contributed by atoms with Crippen LogP contribution in [0.1, 0.15) is 25.7 Å². The summed E-state index contributed by atoms with van der Waals surface area (Å²) in [4.78, 5) is 31.2. The Balaban J connectivity index is 2.74. The zero-order valence-corrected chi connectivity index (χ0v) is 10.2. The SMILES string of the molecule is O=C(CCS)N1CCCCC1P(=O)(O)O. The molecule has 0 saturated carbocycles. The van der Waals surface area contributed by atoms with Gasteiger partial charge in [-0.15, -0.1) is 0 Å². The van der Waals surface area contributed by atoms with Crippen molar-refractivity contribution in [3.8, 4) is 0 Å². The number of carbonyl (C=O) groups excluding carboxylic acids is 1. The third-order valence-electron chi connectivity index (χ3n) is 2.51. The maximum absolute atomic E-state index is 11.6. The molecule has 0 aromatic carbocycles. The third-order valence-corrected chi connectivity index (χ3v) is 4.04. The fraction of sp³-hybridized carbons (Fsp3) is 0.875. The van der Waals surface area contributed by atoms with Crippen molar-refractivity contribution < 1.29 is 19.1 Å². The number of likely N-dealkylation sites (tertiary alicyclic amines) is 1. The number of carbonyl (C=O) groups is 1. The Morgan fingerprint density at radius 3 is 2.67 bits per heavy atom. The van der Waals surface area contributed by atoms with E-state index in [-0.39, 0.29) is 12.3 Å². The van der Waals surface area contributed by atoms with Gasteiger partial charge in [-0.3, -0.25) is 9.36 Å². The molecule has 0 aromatic rings. The number of thiol groups is 1. The molecule has 7 heteroatoms. The summed E-state index contributed by atoms with van der Waals surface area (Å²) < 4.78 is 11.2. The normalized spacial score (nSPS) is 22.9. The van der Waals surface area contributed by atoms with Crippen molar-refractivity contribution in [1.82, 2.24) is 4.90 Å². The predicted molar refractivity (Wildman–Crippen MR) is 59.9 cm³/mol.